The van der Waals surface area contributed by atoms with Gasteiger partial charge in [-0.25, -0.2) is 0 Å². The van der Waals surface area contributed by atoms with Crippen LogP contribution in [0.2, 0.25) is 0 Å². The lowest BCUT2D eigenvalue weighted by Gasteiger charge is -2.34. The second-order valence-corrected chi connectivity index (χ2v) is 18.7. The van der Waals surface area contributed by atoms with E-state index in [0.29, 0.717) is 0 Å². The van der Waals surface area contributed by atoms with Crippen molar-refractivity contribution in [3.05, 3.63) is 283 Å². The Balaban J connectivity index is 0.934. The summed E-state index contributed by atoms with van der Waals surface area (Å²) in [6.45, 7) is 0. The monoisotopic (exact) mass is 869 g/mol. The van der Waals surface area contributed by atoms with Crippen molar-refractivity contribution in [3.8, 4) is 44.5 Å². The maximum atomic E-state index is 2.45. The minimum absolute atomic E-state index is 0.451. The minimum atomic E-state index is -0.451. The van der Waals surface area contributed by atoms with Crippen LogP contribution < -0.4 is 4.90 Å². The maximum Gasteiger partial charge on any atom is 0.0713 e. The molecule has 11 aromatic carbocycles. The third kappa shape index (κ3) is 6.37. The van der Waals surface area contributed by atoms with Crippen LogP contribution in [-0.4, -0.2) is 0 Å². The molecule has 12 aromatic rings. The normalized spacial score (nSPS) is 12.6. The molecule has 1 nitrogen and oxygen atoms in total. The summed E-state index contributed by atoms with van der Waals surface area (Å²) in [7, 11) is 0. The summed E-state index contributed by atoms with van der Waals surface area (Å²) in [5.74, 6) is 0. The number of rotatable bonds is 8. The van der Waals surface area contributed by atoms with E-state index in [1.807, 2.05) is 11.3 Å². The first-order valence-electron chi connectivity index (χ1n) is 23.1. The molecule has 0 radical (unpaired) electrons. The molecule has 0 bridgehead atoms. The Hall–Kier alpha value is -8.30. The first kappa shape index (κ1) is 39.1. The van der Waals surface area contributed by atoms with Crippen molar-refractivity contribution >= 4 is 59.3 Å². The minimum Gasteiger partial charge on any atom is -0.310 e. The van der Waals surface area contributed by atoms with Gasteiger partial charge in [0.25, 0.3) is 0 Å². The predicted octanol–water partition coefficient (Wildman–Crippen LogP) is 18.0. The van der Waals surface area contributed by atoms with E-state index in [0.717, 1.165) is 11.4 Å². The zero-order chi connectivity index (χ0) is 44.3. The van der Waals surface area contributed by atoms with Crippen LogP contribution in [0.5, 0.6) is 0 Å². The van der Waals surface area contributed by atoms with Gasteiger partial charge in [0.05, 0.1) is 11.1 Å². The number of benzene rings is 11. The second-order valence-electron chi connectivity index (χ2n) is 17.6. The fraction of sp³-hybridized carbons (Fsp3) is 0.0154. The topological polar surface area (TPSA) is 3.24 Å². The SMILES string of the molecule is c1ccc(C2(c3ccccc3)c3ccccc3-c3c(-c4ccc(N(c5ccc(-c6cccc(-c7ccc8ccccc8c7)c6)cc5)c5cccc6sc7ccccc7c56)cc4)cccc32)cc1. The number of nitrogens with zero attached hydrogens (tertiary/aromatic N) is 1. The predicted molar refractivity (Wildman–Crippen MR) is 285 cm³/mol. The Morgan fingerprint density at radius 2 is 0.866 bits per heavy atom. The van der Waals surface area contributed by atoms with E-state index in [-0.39, 0.29) is 0 Å². The summed E-state index contributed by atoms with van der Waals surface area (Å²) in [5.41, 5.74) is 17.9. The van der Waals surface area contributed by atoms with Crippen molar-refractivity contribution in [2.45, 2.75) is 5.41 Å². The van der Waals surface area contributed by atoms with Gasteiger partial charge in [0.2, 0.25) is 0 Å². The molecule has 0 spiro atoms. The maximum absolute atomic E-state index is 2.45. The molecule has 1 aliphatic carbocycles. The summed E-state index contributed by atoms with van der Waals surface area (Å²) in [5, 5.41) is 5.06. The molecular formula is C65H43NS. The Bertz CT molecular complexity index is 3750. The molecule has 0 amide bonds. The van der Waals surface area contributed by atoms with Crippen LogP contribution in [0.3, 0.4) is 0 Å². The van der Waals surface area contributed by atoms with Crippen molar-refractivity contribution in [2.24, 2.45) is 0 Å². The van der Waals surface area contributed by atoms with E-state index < -0.39 is 5.41 Å². The zero-order valence-electron chi connectivity index (χ0n) is 36.7. The van der Waals surface area contributed by atoms with E-state index in [9.17, 15) is 0 Å². The molecule has 314 valence electrons. The number of fused-ring (bicyclic) bond motifs is 7. The highest BCUT2D eigenvalue weighted by atomic mass is 32.1. The molecule has 1 aliphatic rings. The molecule has 0 N–H and O–H groups in total. The Labute approximate surface area is 395 Å². The number of hydrogen-bond acceptors (Lipinski definition) is 2. The van der Waals surface area contributed by atoms with Crippen LogP contribution in [0.15, 0.2) is 261 Å². The summed E-state index contributed by atoms with van der Waals surface area (Å²) in [4.78, 5) is 2.45. The molecule has 0 atom stereocenters. The molecule has 13 rings (SSSR count). The van der Waals surface area contributed by atoms with E-state index in [1.165, 1.54) is 103 Å². The van der Waals surface area contributed by atoms with Gasteiger partial charge in [-0.15, -0.1) is 11.3 Å². The van der Waals surface area contributed by atoms with Crippen LogP contribution >= 0.6 is 11.3 Å². The Morgan fingerprint density at radius 3 is 1.63 bits per heavy atom. The third-order valence-corrected chi connectivity index (χ3v) is 15.1. The standard InChI is InChI=1S/C65H43NS/c1-3-20-51(21-4-1)65(52-22-5-2-6-23-52)58-27-11-9-24-56(58)63-55(26-14-28-59(63)65)46-36-40-54(41-37-46)66(60-29-15-31-62-64(60)57-25-10-12-30-61(57)67-62)53-38-34-45(35-39-53)48-18-13-19-49(42-48)50-33-32-44-16-7-8-17-47(44)43-50/h1-43H. The van der Waals surface area contributed by atoms with Crippen LogP contribution in [0, 0.1) is 0 Å². The first-order chi connectivity index (χ1) is 33.2. The van der Waals surface area contributed by atoms with Crippen molar-refractivity contribution in [3.63, 3.8) is 0 Å². The molecule has 2 heteroatoms. The van der Waals surface area contributed by atoms with Gasteiger partial charge in [-0.3, -0.25) is 0 Å². The van der Waals surface area contributed by atoms with Gasteiger partial charge in [-0.05, 0) is 132 Å². The van der Waals surface area contributed by atoms with Gasteiger partial charge in [0.1, 0.15) is 0 Å². The molecule has 67 heavy (non-hydrogen) atoms. The highest BCUT2D eigenvalue weighted by Gasteiger charge is 2.46. The smallest absolute Gasteiger partial charge is 0.0713 e. The van der Waals surface area contributed by atoms with E-state index in [1.54, 1.807) is 0 Å². The Kier molecular flexibility index (Phi) is 9.33. The lowest BCUT2D eigenvalue weighted by atomic mass is 9.67. The zero-order valence-corrected chi connectivity index (χ0v) is 37.5. The highest BCUT2D eigenvalue weighted by Crippen LogP contribution is 2.58. The summed E-state index contributed by atoms with van der Waals surface area (Å²) < 4.78 is 2.57. The largest absolute Gasteiger partial charge is 0.310 e. The van der Waals surface area contributed by atoms with Gasteiger partial charge >= 0.3 is 0 Å². The van der Waals surface area contributed by atoms with Gasteiger partial charge in [-0.2, -0.15) is 0 Å². The molecule has 1 aromatic heterocycles. The molecular weight excluding hydrogens is 827 g/mol. The lowest BCUT2D eigenvalue weighted by Crippen LogP contribution is -2.28. The molecule has 0 saturated carbocycles. The number of hydrogen-bond donors (Lipinski definition) is 0. The summed E-state index contributed by atoms with van der Waals surface area (Å²) in [6, 6.07) is 96.2. The first-order valence-corrected chi connectivity index (χ1v) is 23.9. The highest BCUT2D eigenvalue weighted by molar-refractivity contribution is 7.26. The average molecular weight is 870 g/mol. The van der Waals surface area contributed by atoms with E-state index in [4.69, 9.17) is 0 Å². The van der Waals surface area contributed by atoms with Gasteiger partial charge in [0.15, 0.2) is 0 Å². The van der Waals surface area contributed by atoms with Gasteiger partial charge < -0.3 is 4.90 Å². The summed E-state index contributed by atoms with van der Waals surface area (Å²) >= 11 is 1.86. The molecule has 0 aliphatic heterocycles. The fourth-order valence-corrected chi connectivity index (χ4v) is 12.1. The van der Waals surface area contributed by atoms with Crippen LogP contribution in [-0.2, 0) is 5.41 Å². The molecule has 1 heterocycles. The van der Waals surface area contributed by atoms with Crippen molar-refractivity contribution in [1.82, 2.24) is 0 Å². The number of anilines is 3. The van der Waals surface area contributed by atoms with Gasteiger partial charge in [0, 0.05) is 31.5 Å². The van der Waals surface area contributed by atoms with E-state index in [2.05, 4.69) is 266 Å². The third-order valence-electron chi connectivity index (χ3n) is 13.9. The average Bonchev–Trinajstić information content (AvgIpc) is 3.94. The second kappa shape index (κ2) is 16.0. The summed E-state index contributed by atoms with van der Waals surface area (Å²) in [6.07, 6.45) is 0. The Morgan fingerprint density at radius 1 is 0.328 bits per heavy atom. The van der Waals surface area contributed by atoms with Crippen LogP contribution in [0.4, 0.5) is 17.1 Å². The van der Waals surface area contributed by atoms with Crippen molar-refractivity contribution in [2.75, 3.05) is 4.90 Å². The van der Waals surface area contributed by atoms with Crippen molar-refractivity contribution in [1.29, 1.82) is 0 Å². The van der Waals surface area contributed by atoms with Crippen molar-refractivity contribution < 1.29 is 0 Å². The quantitative estimate of drug-likeness (QED) is 0.147. The lowest BCUT2D eigenvalue weighted by molar-refractivity contribution is 0.768. The van der Waals surface area contributed by atoms with Crippen LogP contribution in [0.25, 0.3) is 75.5 Å². The van der Waals surface area contributed by atoms with E-state index >= 15 is 0 Å². The fourth-order valence-electron chi connectivity index (χ4n) is 10.9. The van der Waals surface area contributed by atoms with Gasteiger partial charge in [-0.1, -0.05) is 206 Å². The molecule has 0 saturated heterocycles. The van der Waals surface area contributed by atoms with Crippen LogP contribution in [0.1, 0.15) is 22.3 Å². The molecule has 0 unspecified atom stereocenters. The molecule has 0 fully saturated rings. The number of thiophene rings is 1.